The Morgan fingerprint density at radius 3 is 2.56 bits per heavy atom. The van der Waals surface area contributed by atoms with Gasteiger partial charge in [0.25, 0.3) is 0 Å². The van der Waals surface area contributed by atoms with E-state index in [1.807, 2.05) is 0 Å². The highest BCUT2D eigenvalue weighted by molar-refractivity contribution is 7.89. The van der Waals surface area contributed by atoms with Gasteiger partial charge in [0, 0.05) is 25.7 Å². The van der Waals surface area contributed by atoms with Gasteiger partial charge in [0.2, 0.25) is 10.0 Å². The van der Waals surface area contributed by atoms with Crippen LogP contribution in [0.25, 0.3) is 0 Å². The number of nitrogens with zero attached hydrogens (tertiary/aromatic N) is 2. The highest BCUT2D eigenvalue weighted by Crippen LogP contribution is 2.23. The molecule has 0 amide bonds. The molecule has 0 saturated carbocycles. The van der Waals surface area contributed by atoms with E-state index in [9.17, 15) is 13.7 Å². The van der Waals surface area contributed by atoms with Crippen molar-refractivity contribution < 1.29 is 8.42 Å². The van der Waals surface area contributed by atoms with Gasteiger partial charge in [0.05, 0.1) is 16.1 Å². The molecule has 0 spiro atoms. The summed E-state index contributed by atoms with van der Waals surface area (Å²) in [5.41, 5.74) is 3.62. The normalized spacial score (nSPS) is 16.0. The van der Waals surface area contributed by atoms with Crippen molar-refractivity contribution in [2.45, 2.75) is 37.2 Å². The third kappa shape index (κ3) is 4.86. The molecule has 1 heterocycles. The average Bonchev–Trinajstić information content (AvgIpc) is 2.64. The molecular weight excluding hydrogens is 360 g/mol. The molecule has 0 unspecified atom stereocenters. The molecular formula is C20H24N4O2S. The van der Waals surface area contributed by atoms with Gasteiger partial charge in [-0.2, -0.15) is 5.26 Å². The number of aryl methyl sites for hydroxylation is 1. The summed E-state index contributed by atoms with van der Waals surface area (Å²) in [6.45, 7) is 5.04. The van der Waals surface area contributed by atoms with Crippen molar-refractivity contribution in [3.8, 4) is 6.07 Å². The summed E-state index contributed by atoms with van der Waals surface area (Å²) in [6.07, 6.45) is 1.93. The number of anilines is 1. The fourth-order valence-electron chi connectivity index (χ4n) is 3.40. The average molecular weight is 385 g/mol. The second-order valence-corrected chi connectivity index (χ2v) is 8.55. The van der Waals surface area contributed by atoms with Gasteiger partial charge in [-0.3, -0.25) is 4.90 Å². The summed E-state index contributed by atoms with van der Waals surface area (Å²) >= 11 is 0. The van der Waals surface area contributed by atoms with Crippen LogP contribution in [-0.4, -0.2) is 32.4 Å². The lowest BCUT2D eigenvalue weighted by atomic mass is 10.0. The van der Waals surface area contributed by atoms with E-state index in [0.29, 0.717) is 11.3 Å². The smallest absolute Gasteiger partial charge is 0.238 e. The van der Waals surface area contributed by atoms with Crippen LogP contribution in [0, 0.1) is 18.3 Å². The Bertz CT molecular complexity index is 958. The predicted molar refractivity (Wildman–Crippen MR) is 106 cm³/mol. The summed E-state index contributed by atoms with van der Waals surface area (Å²) in [7, 11) is -3.81. The molecule has 0 bridgehead atoms. The summed E-state index contributed by atoms with van der Waals surface area (Å²) in [6, 6.07) is 15.1. The standard InChI is InChI=1S/C20H24N4O2S/c1-15-4-2-3-5-16(15)14-24-10-8-18(9-11-24)23-20-7-6-19(27(22,25)26)12-17(20)13-21/h2-7,12,18,23H,8-11,14H2,1H3,(H2,22,25,26). The quantitative estimate of drug-likeness (QED) is 0.825. The highest BCUT2D eigenvalue weighted by Gasteiger charge is 2.21. The third-order valence-corrected chi connectivity index (χ3v) is 5.95. The van der Waals surface area contributed by atoms with Crippen molar-refractivity contribution in [3.05, 3.63) is 59.2 Å². The molecule has 1 aliphatic rings. The van der Waals surface area contributed by atoms with E-state index in [4.69, 9.17) is 5.14 Å². The second kappa shape index (κ2) is 8.09. The first-order chi connectivity index (χ1) is 12.9. The van der Waals surface area contributed by atoms with E-state index in [1.54, 1.807) is 6.07 Å². The summed E-state index contributed by atoms with van der Waals surface area (Å²) in [5.74, 6) is 0. The molecule has 1 aliphatic heterocycles. The molecule has 0 atom stereocenters. The minimum atomic E-state index is -3.81. The van der Waals surface area contributed by atoms with E-state index < -0.39 is 10.0 Å². The first kappa shape index (κ1) is 19.4. The fraction of sp³-hybridized carbons (Fsp3) is 0.350. The lowest BCUT2D eigenvalue weighted by Gasteiger charge is -2.33. The largest absolute Gasteiger partial charge is 0.381 e. The second-order valence-electron chi connectivity index (χ2n) is 6.99. The Hall–Kier alpha value is -2.40. The van der Waals surface area contributed by atoms with Crippen molar-refractivity contribution >= 4 is 15.7 Å². The van der Waals surface area contributed by atoms with E-state index in [-0.39, 0.29) is 10.9 Å². The maximum absolute atomic E-state index is 11.5. The van der Waals surface area contributed by atoms with Crippen LogP contribution in [0.15, 0.2) is 47.4 Å². The van der Waals surface area contributed by atoms with Gasteiger partial charge >= 0.3 is 0 Å². The van der Waals surface area contributed by atoms with Gasteiger partial charge in [0.15, 0.2) is 0 Å². The van der Waals surface area contributed by atoms with Crippen LogP contribution in [0.5, 0.6) is 0 Å². The van der Waals surface area contributed by atoms with Crippen molar-refractivity contribution in [2.24, 2.45) is 5.14 Å². The van der Waals surface area contributed by atoms with Gasteiger partial charge in [-0.1, -0.05) is 24.3 Å². The molecule has 27 heavy (non-hydrogen) atoms. The Balaban J connectivity index is 1.61. The fourth-order valence-corrected chi connectivity index (χ4v) is 3.94. The van der Waals surface area contributed by atoms with Crippen molar-refractivity contribution in [1.29, 1.82) is 5.26 Å². The number of piperidine rings is 1. The lowest BCUT2D eigenvalue weighted by molar-refractivity contribution is 0.211. The Morgan fingerprint density at radius 2 is 1.93 bits per heavy atom. The first-order valence-corrected chi connectivity index (χ1v) is 10.5. The predicted octanol–water partition coefficient (Wildman–Crippen LogP) is 2.59. The van der Waals surface area contributed by atoms with Crippen molar-refractivity contribution in [1.82, 2.24) is 4.90 Å². The van der Waals surface area contributed by atoms with Crippen LogP contribution in [0.4, 0.5) is 5.69 Å². The van der Waals surface area contributed by atoms with Crippen LogP contribution < -0.4 is 10.5 Å². The van der Waals surface area contributed by atoms with Gasteiger partial charge in [0.1, 0.15) is 6.07 Å². The van der Waals surface area contributed by atoms with E-state index in [2.05, 4.69) is 47.5 Å². The number of rotatable bonds is 5. The number of hydrogen-bond donors (Lipinski definition) is 2. The Kier molecular flexibility index (Phi) is 5.80. The number of benzene rings is 2. The molecule has 1 saturated heterocycles. The number of nitrogens with two attached hydrogens (primary N) is 1. The number of likely N-dealkylation sites (tertiary alicyclic amines) is 1. The zero-order valence-corrected chi connectivity index (χ0v) is 16.2. The molecule has 2 aromatic rings. The Morgan fingerprint density at radius 1 is 1.22 bits per heavy atom. The van der Waals surface area contributed by atoms with Crippen molar-refractivity contribution in [3.63, 3.8) is 0 Å². The lowest BCUT2D eigenvalue weighted by Crippen LogP contribution is -2.38. The summed E-state index contributed by atoms with van der Waals surface area (Å²) < 4.78 is 22.9. The molecule has 0 aromatic heterocycles. The number of hydrogen-bond acceptors (Lipinski definition) is 5. The topological polar surface area (TPSA) is 99.2 Å². The molecule has 1 fully saturated rings. The monoisotopic (exact) mass is 384 g/mol. The zero-order valence-electron chi connectivity index (χ0n) is 15.4. The minimum absolute atomic E-state index is 0.0438. The minimum Gasteiger partial charge on any atom is -0.381 e. The van der Waals surface area contributed by atoms with Crippen LogP contribution >= 0.6 is 0 Å². The molecule has 2 aromatic carbocycles. The van der Waals surface area contributed by atoms with Gasteiger partial charge in [-0.25, -0.2) is 13.6 Å². The van der Waals surface area contributed by atoms with Crippen LogP contribution in [-0.2, 0) is 16.6 Å². The first-order valence-electron chi connectivity index (χ1n) is 8.97. The zero-order chi connectivity index (χ0) is 19.4. The van der Waals surface area contributed by atoms with E-state index >= 15 is 0 Å². The number of sulfonamides is 1. The maximum Gasteiger partial charge on any atom is 0.238 e. The maximum atomic E-state index is 11.5. The van der Waals surface area contributed by atoms with E-state index in [0.717, 1.165) is 32.5 Å². The molecule has 7 heteroatoms. The number of nitrogens with one attached hydrogen (secondary N) is 1. The molecule has 3 N–H and O–H groups in total. The van der Waals surface area contributed by atoms with E-state index in [1.165, 1.54) is 23.3 Å². The molecule has 6 nitrogen and oxygen atoms in total. The van der Waals surface area contributed by atoms with Crippen LogP contribution in [0.2, 0.25) is 0 Å². The number of primary sulfonamides is 1. The highest BCUT2D eigenvalue weighted by atomic mass is 32.2. The third-order valence-electron chi connectivity index (χ3n) is 5.04. The molecule has 3 rings (SSSR count). The summed E-state index contributed by atoms with van der Waals surface area (Å²) in [5, 5.41) is 17.9. The van der Waals surface area contributed by atoms with Crippen LogP contribution in [0.3, 0.4) is 0 Å². The molecule has 142 valence electrons. The van der Waals surface area contributed by atoms with Crippen LogP contribution in [0.1, 0.15) is 29.5 Å². The molecule has 0 radical (unpaired) electrons. The SMILES string of the molecule is Cc1ccccc1CN1CCC(Nc2ccc(S(N)(=O)=O)cc2C#N)CC1. The van der Waals surface area contributed by atoms with Crippen molar-refractivity contribution in [2.75, 3.05) is 18.4 Å². The summed E-state index contributed by atoms with van der Waals surface area (Å²) in [4.78, 5) is 2.40. The number of nitriles is 1. The van der Waals surface area contributed by atoms with Gasteiger partial charge < -0.3 is 5.32 Å². The molecule has 0 aliphatic carbocycles. The van der Waals surface area contributed by atoms with Gasteiger partial charge in [-0.15, -0.1) is 0 Å². The Labute approximate surface area is 160 Å². The van der Waals surface area contributed by atoms with Gasteiger partial charge in [-0.05, 0) is 49.1 Å².